The fourth-order valence-electron chi connectivity index (χ4n) is 3.60. The predicted molar refractivity (Wildman–Crippen MR) is 134 cm³/mol. The number of amides is 1. The third kappa shape index (κ3) is 5.97. The van der Waals surface area contributed by atoms with Gasteiger partial charge in [-0.2, -0.15) is 0 Å². The fraction of sp³-hybridized carbons (Fsp3) is 0.200. The maximum Gasteiger partial charge on any atom is 0.323 e. The lowest BCUT2D eigenvalue weighted by atomic mass is 10.1. The van der Waals surface area contributed by atoms with E-state index < -0.39 is 21.6 Å². The van der Waals surface area contributed by atoms with Crippen molar-refractivity contribution in [3.8, 4) is 0 Å². The summed E-state index contributed by atoms with van der Waals surface area (Å²) in [5.41, 5.74) is 1.88. The summed E-state index contributed by atoms with van der Waals surface area (Å²) >= 11 is 0. The van der Waals surface area contributed by atoms with Crippen molar-refractivity contribution in [2.45, 2.75) is 24.3 Å². The number of carbonyl (C=O) groups is 1. The van der Waals surface area contributed by atoms with Crippen LogP contribution in [0.3, 0.4) is 0 Å². The first-order chi connectivity index (χ1) is 16.8. The number of rotatable bonds is 10. The predicted octanol–water partition coefficient (Wildman–Crippen LogP) is 3.55. The molecule has 0 unspecified atom stereocenters. The third-order valence-corrected chi connectivity index (χ3v) is 6.82. The highest BCUT2D eigenvalue weighted by atomic mass is 32.2. The molecule has 1 heterocycles. The van der Waals surface area contributed by atoms with Crippen LogP contribution in [0, 0.1) is 0 Å². The molecule has 4 aromatic rings. The molecular weight excluding hydrogens is 468 g/mol. The molecular formula is C25H26N4O5S. The second kappa shape index (κ2) is 10.6. The van der Waals surface area contributed by atoms with E-state index >= 15 is 0 Å². The molecule has 4 rings (SSSR count). The summed E-state index contributed by atoms with van der Waals surface area (Å²) in [5.74, 6) is -0.398. The number of ether oxygens (including phenoxy) is 1. The lowest BCUT2D eigenvalue weighted by molar-refractivity contribution is 0.0635. The summed E-state index contributed by atoms with van der Waals surface area (Å²) < 4.78 is 34.2. The zero-order chi connectivity index (χ0) is 24.8. The zero-order valence-electron chi connectivity index (χ0n) is 19.1. The molecule has 1 amide bonds. The van der Waals surface area contributed by atoms with Crippen LogP contribution in [0.25, 0.3) is 11.0 Å². The van der Waals surface area contributed by atoms with E-state index in [1.807, 2.05) is 37.3 Å². The van der Waals surface area contributed by atoms with E-state index in [4.69, 9.17) is 4.74 Å². The lowest BCUT2D eigenvalue weighted by Gasteiger charge is -2.14. The second-order valence-corrected chi connectivity index (χ2v) is 9.65. The topological polar surface area (TPSA) is 133 Å². The summed E-state index contributed by atoms with van der Waals surface area (Å²) in [5, 5.41) is 2.81. The number of hydrogen-bond acceptors (Lipinski definition) is 5. The number of fused-ring (bicyclic) bond motifs is 1. The maximum atomic E-state index is 12.9. The number of hydrogen-bond donors (Lipinski definition) is 4. The van der Waals surface area contributed by atoms with Gasteiger partial charge >= 0.3 is 5.69 Å². The molecule has 0 saturated carbocycles. The van der Waals surface area contributed by atoms with E-state index in [1.54, 1.807) is 18.2 Å². The molecule has 0 spiro atoms. The van der Waals surface area contributed by atoms with Crippen LogP contribution >= 0.6 is 0 Å². The van der Waals surface area contributed by atoms with Crippen LogP contribution in [-0.2, 0) is 14.8 Å². The molecule has 0 bridgehead atoms. The smallest absolute Gasteiger partial charge is 0.323 e. The third-order valence-electron chi connectivity index (χ3n) is 5.46. The Morgan fingerprint density at radius 1 is 0.971 bits per heavy atom. The van der Waals surface area contributed by atoms with E-state index in [0.717, 1.165) is 5.56 Å². The quantitative estimate of drug-likeness (QED) is 0.250. The SMILES string of the molecule is C[C@@H](OCCCNC(=O)c1ccccc1NS(=O)(=O)c1ccc2[nH]c(=O)[nH]c2c1)c1ccccc1. The standard InChI is InChI=1S/C25H26N4O5S/c1-17(18-8-3-2-4-9-18)34-15-7-14-26-24(30)20-10-5-6-11-21(20)29-35(32,33)19-12-13-22-23(16-19)28-25(31)27-22/h2-6,8-13,16-17,29H,7,14-15H2,1H3,(H,26,30)(H2,27,28,31)/t17-/m1/s1. The Bertz CT molecular complexity index is 1480. The first-order valence-corrected chi connectivity index (χ1v) is 12.6. The van der Waals surface area contributed by atoms with E-state index in [0.29, 0.717) is 30.6 Å². The van der Waals surface area contributed by atoms with Gasteiger partial charge in [0.2, 0.25) is 0 Å². The van der Waals surface area contributed by atoms with E-state index in [2.05, 4.69) is 20.0 Å². The Balaban J connectivity index is 1.36. The molecule has 182 valence electrons. The summed E-state index contributed by atoms with van der Waals surface area (Å²) in [6.07, 6.45) is 0.552. The number of nitrogens with one attached hydrogen (secondary N) is 4. The molecule has 0 aliphatic carbocycles. The number of H-pyrrole nitrogens is 2. The minimum Gasteiger partial charge on any atom is -0.374 e. The van der Waals surface area contributed by atoms with E-state index in [1.165, 1.54) is 24.3 Å². The van der Waals surface area contributed by atoms with Gasteiger partial charge in [-0.1, -0.05) is 42.5 Å². The van der Waals surface area contributed by atoms with E-state index in [9.17, 15) is 18.0 Å². The van der Waals surface area contributed by atoms with Gasteiger partial charge in [-0.05, 0) is 49.2 Å². The summed E-state index contributed by atoms with van der Waals surface area (Å²) in [4.78, 5) is 29.3. The Morgan fingerprint density at radius 3 is 2.49 bits per heavy atom. The Hall–Kier alpha value is -3.89. The van der Waals surface area contributed by atoms with Gasteiger partial charge in [0.05, 0.1) is 33.3 Å². The summed E-state index contributed by atoms with van der Waals surface area (Å²) in [7, 11) is -4.00. The van der Waals surface area contributed by atoms with Crippen molar-refractivity contribution in [1.29, 1.82) is 0 Å². The van der Waals surface area contributed by atoms with Gasteiger partial charge in [0.15, 0.2) is 0 Å². The van der Waals surface area contributed by atoms with Crippen LogP contribution in [0.15, 0.2) is 82.5 Å². The highest BCUT2D eigenvalue weighted by molar-refractivity contribution is 7.92. The largest absolute Gasteiger partial charge is 0.374 e. The van der Waals surface area contributed by atoms with Gasteiger partial charge in [-0.25, -0.2) is 13.2 Å². The van der Waals surface area contributed by atoms with Crippen LogP contribution in [0.2, 0.25) is 0 Å². The van der Waals surface area contributed by atoms with Gasteiger partial charge in [0.25, 0.3) is 15.9 Å². The molecule has 4 N–H and O–H groups in total. The van der Waals surface area contributed by atoms with Crippen LogP contribution in [-0.4, -0.2) is 37.4 Å². The van der Waals surface area contributed by atoms with Gasteiger partial charge in [0, 0.05) is 13.2 Å². The molecule has 10 heteroatoms. The molecule has 9 nitrogen and oxygen atoms in total. The van der Waals surface area contributed by atoms with Crippen molar-refractivity contribution < 1.29 is 17.9 Å². The first kappa shape index (κ1) is 24.2. The van der Waals surface area contributed by atoms with Crippen molar-refractivity contribution in [1.82, 2.24) is 15.3 Å². The molecule has 0 saturated heterocycles. The molecule has 0 fully saturated rings. The Kier molecular flexibility index (Phi) is 7.33. The molecule has 35 heavy (non-hydrogen) atoms. The van der Waals surface area contributed by atoms with Gasteiger partial charge in [0.1, 0.15) is 0 Å². The number of sulfonamides is 1. The minimum atomic E-state index is -4.00. The molecule has 0 aliphatic rings. The fourth-order valence-corrected chi connectivity index (χ4v) is 4.71. The number of para-hydroxylation sites is 1. The van der Waals surface area contributed by atoms with Crippen LogP contribution in [0.4, 0.5) is 5.69 Å². The summed E-state index contributed by atoms with van der Waals surface area (Å²) in [6, 6.07) is 20.5. The number of anilines is 1. The van der Waals surface area contributed by atoms with Gasteiger partial charge in [-0.15, -0.1) is 0 Å². The van der Waals surface area contributed by atoms with Crippen LogP contribution in [0.1, 0.15) is 35.4 Å². The van der Waals surface area contributed by atoms with Crippen molar-refractivity contribution >= 4 is 32.7 Å². The normalized spacial score (nSPS) is 12.4. The number of aromatic amines is 2. The lowest BCUT2D eigenvalue weighted by Crippen LogP contribution is -2.27. The number of carbonyl (C=O) groups excluding carboxylic acids is 1. The highest BCUT2D eigenvalue weighted by Crippen LogP contribution is 2.22. The van der Waals surface area contributed by atoms with Crippen LogP contribution in [0.5, 0.6) is 0 Å². The maximum absolute atomic E-state index is 12.9. The van der Waals surface area contributed by atoms with Crippen LogP contribution < -0.4 is 15.7 Å². The second-order valence-electron chi connectivity index (χ2n) is 7.97. The van der Waals surface area contributed by atoms with E-state index in [-0.39, 0.29) is 22.3 Å². The summed E-state index contributed by atoms with van der Waals surface area (Å²) in [6.45, 7) is 2.81. The van der Waals surface area contributed by atoms with Crippen molar-refractivity contribution in [3.63, 3.8) is 0 Å². The average molecular weight is 495 g/mol. The number of aromatic nitrogens is 2. The van der Waals surface area contributed by atoms with Gasteiger partial charge in [-0.3, -0.25) is 9.52 Å². The Labute approximate surface area is 202 Å². The monoisotopic (exact) mass is 494 g/mol. The molecule has 0 aliphatic heterocycles. The minimum absolute atomic E-state index is 0.0415. The number of benzene rings is 3. The molecule has 0 radical (unpaired) electrons. The highest BCUT2D eigenvalue weighted by Gasteiger charge is 2.19. The first-order valence-electron chi connectivity index (χ1n) is 11.1. The van der Waals surface area contributed by atoms with Crippen molar-refractivity contribution in [2.24, 2.45) is 0 Å². The van der Waals surface area contributed by atoms with Crippen molar-refractivity contribution in [2.75, 3.05) is 17.9 Å². The zero-order valence-corrected chi connectivity index (χ0v) is 19.9. The Morgan fingerprint density at radius 2 is 1.69 bits per heavy atom. The molecule has 3 aromatic carbocycles. The molecule has 1 aromatic heterocycles. The number of imidazole rings is 1. The average Bonchev–Trinajstić information content (AvgIpc) is 3.23. The molecule has 1 atom stereocenters. The van der Waals surface area contributed by atoms with Crippen molar-refractivity contribution in [3.05, 3.63) is 94.4 Å². The van der Waals surface area contributed by atoms with Gasteiger partial charge < -0.3 is 20.0 Å².